The zero-order valence-corrected chi connectivity index (χ0v) is 15.3. The highest BCUT2D eigenvalue weighted by Crippen LogP contribution is 2.34. The summed E-state index contributed by atoms with van der Waals surface area (Å²) in [5.41, 5.74) is 2.01. The third-order valence-corrected chi connectivity index (χ3v) is 5.65. The number of aryl methyl sites for hydroxylation is 2. The van der Waals surface area contributed by atoms with Crippen LogP contribution in [-0.2, 0) is 10.5 Å². The van der Waals surface area contributed by atoms with Crippen LogP contribution in [0.25, 0.3) is 0 Å². The molecular weight excluding hydrogens is 324 g/mol. The fraction of sp³-hybridized carbons (Fsp3) is 0.556. The number of aromatic nitrogens is 1. The second-order valence-electron chi connectivity index (χ2n) is 6.54. The summed E-state index contributed by atoms with van der Waals surface area (Å²) in [5.74, 6) is 3.75. The maximum absolute atomic E-state index is 12.7. The van der Waals surface area contributed by atoms with Crippen LogP contribution in [0.4, 0.5) is 0 Å². The average Bonchev–Trinajstić information content (AvgIpc) is 3.19. The summed E-state index contributed by atoms with van der Waals surface area (Å²) >= 11 is 1.62. The van der Waals surface area contributed by atoms with E-state index in [2.05, 4.69) is 12.1 Å². The molecule has 0 aliphatic carbocycles. The van der Waals surface area contributed by atoms with Crippen molar-refractivity contribution in [1.29, 1.82) is 0 Å². The van der Waals surface area contributed by atoms with Crippen LogP contribution in [0, 0.1) is 19.8 Å². The third-order valence-electron chi connectivity index (χ3n) is 4.71. The summed E-state index contributed by atoms with van der Waals surface area (Å²) in [6, 6.07) is 3.93. The quantitative estimate of drug-likeness (QED) is 0.813. The van der Waals surface area contributed by atoms with Crippen LogP contribution < -0.4 is 0 Å². The van der Waals surface area contributed by atoms with Gasteiger partial charge in [0.15, 0.2) is 0 Å². The number of hydrogen-bond donors (Lipinski definition) is 0. The first-order valence-corrected chi connectivity index (χ1v) is 9.54. The van der Waals surface area contributed by atoms with Crippen LogP contribution in [0.2, 0.25) is 0 Å². The van der Waals surface area contributed by atoms with Gasteiger partial charge in [-0.25, -0.2) is 0 Å². The van der Waals surface area contributed by atoms with Crippen LogP contribution in [0.1, 0.15) is 48.6 Å². The maximum atomic E-state index is 12.7. The Labute approximate surface area is 146 Å². The van der Waals surface area contributed by atoms with Crippen molar-refractivity contribution in [2.75, 3.05) is 12.3 Å². The first kappa shape index (κ1) is 17.1. The van der Waals surface area contributed by atoms with Gasteiger partial charge in [-0.1, -0.05) is 12.1 Å². The number of rotatable bonds is 5. The number of carbonyl (C=O) groups excluding carboxylic acids is 1. The lowest BCUT2D eigenvalue weighted by molar-refractivity contribution is -0.133. The number of nitrogens with zero attached hydrogens (tertiary/aromatic N) is 2. The number of piperidine rings is 1. The molecule has 0 N–H and O–H groups in total. The summed E-state index contributed by atoms with van der Waals surface area (Å²) in [6.45, 7) is 6.89. The van der Waals surface area contributed by atoms with Crippen LogP contribution >= 0.6 is 11.8 Å². The van der Waals surface area contributed by atoms with E-state index in [-0.39, 0.29) is 11.9 Å². The van der Waals surface area contributed by atoms with Crippen molar-refractivity contribution in [2.24, 2.45) is 5.92 Å². The van der Waals surface area contributed by atoms with Gasteiger partial charge in [0, 0.05) is 17.9 Å². The molecule has 1 aliphatic rings. The highest BCUT2D eigenvalue weighted by molar-refractivity contribution is 7.99. The summed E-state index contributed by atoms with van der Waals surface area (Å²) in [6.07, 6.45) is 3.70. The number of amides is 1. The van der Waals surface area contributed by atoms with Gasteiger partial charge in [0.05, 0.1) is 23.8 Å². The Hall–Kier alpha value is -1.69. The molecule has 3 heterocycles. The van der Waals surface area contributed by atoms with Gasteiger partial charge in [0.25, 0.3) is 0 Å². The minimum Gasteiger partial charge on any atom is -0.467 e. The topological polar surface area (TPSA) is 59.5 Å². The van der Waals surface area contributed by atoms with Crippen molar-refractivity contribution < 1.29 is 13.7 Å². The van der Waals surface area contributed by atoms with E-state index in [1.807, 2.05) is 30.9 Å². The molecule has 0 radical (unpaired) electrons. The molecule has 0 spiro atoms. The lowest BCUT2D eigenvalue weighted by Gasteiger charge is -2.37. The molecule has 2 unspecified atom stereocenters. The summed E-state index contributed by atoms with van der Waals surface area (Å²) in [4.78, 5) is 14.7. The number of thioether (sulfide) groups is 1. The second-order valence-corrected chi connectivity index (χ2v) is 7.53. The van der Waals surface area contributed by atoms with Gasteiger partial charge in [-0.2, -0.15) is 0 Å². The number of carbonyl (C=O) groups is 1. The largest absolute Gasteiger partial charge is 0.467 e. The molecule has 2 aromatic heterocycles. The van der Waals surface area contributed by atoms with Crippen LogP contribution in [-0.4, -0.2) is 28.3 Å². The SMILES string of the molecule is Cc1noc(C)c1CSCC(=O)N1CCC(C)CC1c1ccco1. The standard InChI is InChI=1S/C18H24N2O3S/c1-12-6-7-20(16(9-12)17-5-4-8-22-17)18(21)11-24-10-15-13(2)19-23-14(15)3/h4-5,8,12,16H,6-7,9-11H2,1-3H3. The monoisotopic (exact) mass is 348 g/mol. The predicted octanol–water partition coefficient (Wildman–Crippen LogP) is 4.12. The minimum absolute atomic E-state index is 0.0657. The van der Waals surface area contributed by atoms with Crippen molar-refractivity contribution in [3.63, 3.8) is 0 Å². The minimum atomic E-state index is 0.0657. The maximum Gasteiger partial charge on any atom is 0.233 e. The van der Waals surface area contributed by atoms with Gasteiger partial charge in [-0.15, -0.1) is 11.8 Å². The molecule has 24 heavy (non-hydrogen) atoms. The van der Waals surface area contributed by atoms with E-state index in [9.17, 15) is 4.79 Å². The first-order chi connectivity index (χ1) is 11.6. The molecular formula is C18H24N2O3S. The molecule has 1 saturated heterocycles. The Kier molecular flexibility index (Phi) is 5.33. The first-order valence-electron chi connectivity index (χ1n) is 8.38. The smallest absolute Gasteiger partial charge is 0.233 e. The van der Waals surface area contributed by atoms with E-state index in [0.29, 0.717) is 11.7 Å². The number of likely N-dealkylation sites (tertiary alicyclic amines) is 1. The Bertz CT molecular complexity index is 661. The predicted molar refractivity (Wildman–Crippen MR) is 93.7 cm³/mol. The molecule has 0 aromatic carbocycles. The van der Waals surface area contributed by atoms with E-state index in [1.54, 1.807) is 18.0 Å². The molecule has 2 atom stereocenters. The Balaban J connectivity index is 1.60. The van der Waals surface area contributed by atoms with Crippen LogP contribution in [0.3, 0.4) is 0 Å². The number of furan rings is 1. The summed E-state index contributed by atoms with van der Waals surface area (Å²) in [5, 5.41) is 3.96. The fourth-order valence-electron chi connectivity index (χ4n) is 3.22. The van der Waals surface area contributed by atoms with E-state index in [1.165, 1.54) is 0 Å². The lowest BCUT2D eigenvalue weighted by Crippen LogP contribution is -2.41. The zero-order valence-electron chi connectivity index (χ0n) is 14.4. The normalized spacial score (nSPS) is 21.2. The van der Waals surface area contributed by atoms with Gasteiger partial charge in [-0.3, -0.25) is 4.79 Å². The van der Waals surface area contributed by atoms with E-state index >= 15 is 0 Å². The highest BCUT2D eigenvalue weighted by atomic mass is 32.2. The zero-order chi connectivity index (χ0) is 17.1. The van der Waals surface area contributed by atoms with Crippen molar-refractivity contribution >= 4 is 17.7 Å². The van der Waals surface area contributed by atoms with E-state index < -0.39 is 0 Å². The Morgan fingerprint density at radius 1 is 1.46 bits per heavy atom. The third kappa shape index (κ3) is 3.69. The molecule has 6 heteroatoms. The van der Waals surface area contributed by atoms with Gasteiger partial charge >= 0.3 is 0 Å². The molecule has 0 bridgehead atoms. The second kappa shape index (κ2) is 7.47. The van der Waals surface area contributed by atoms with Crippen molar-refractivity contribution in [3.05, 3.63) is 41.2 Å². The number of hydrogen-bond acceptors (Lipinski definition) is 5. The van der Waals surface area contributed by atoms with Crippen molar-refractivity contribution in [3.8, 4) is 0 Å². The molecule has 1 fully saturated rings. The van der Waals surface area contributed by atoms with Gasteiger partial charge in [0.2, 0.25) is 5.91 Å². The van der Waals surface area contributed by atoms with Crippen molar-refractivity contribution in [1.82, 2.24) is 10.1 Å². The van der Waals surface area contributed by atoms with Gasteiger partial charge < -0.3 is 13.8 Å². The molecule has 0 saturated carbocycles. The lowest BCUT2D eigenvalue weighted by atomic mass is 9.91. The van der Waals surface area contributed by atoms with Crippen molar-refractivity contribution in [2.45, 2.75) is 45.4 Å². The van der Waals surface area contributed by atoms with Gasteiger partial charge in [0.1, 0.15) is 11.5 Å². The fourth-order valence-corrected chi connectivity index (χ4v) is 4.28. The van der Waals surface area contributed by atoms with Crippen LogP contribution in [0.15, 0.2) is 27.3 Å². The van der Waals surface area contributed by atoms with E-state index in [4.69, 9.17) is 8.94 Å². The molecule has 1 amide bonds. The average molecular weight is 348 g/mol. The Morgan fingerprint density at radius 3 is 2.96 bits per heavy atom. The summed E-state index contributed by atoms with van der Waals surface area (Å²) in [7, 11) is 0. The molecule has 2 aromatic rings. The molecule has 3 rings (SSSR count). The molecule has 5 nitrogen and oxygen atoms in total. The van der Waals surface area contributed by atoms with E-state index in [0.717, 1.165) is 47.9 Å². The highest BCUT2D eigenvalue weighted by Gasteiger charge is 2.32. The van der Waals surface area contributed by atoms with Gasteiger partial charge in [-0.05, 0) is 44.7 Å². The Morgan fingerprint density at radius 2 is 2.29 bits per heavy atom. The van der Waals surface area contributed by atoms with Crippen LogP contribution in [0.5, 0.6) is 0 Å². The summed E-state index contributed by atoms with van der Waals surface area (Å²) < 4.78 is 10.8. The molecule has 1 aliphatic heterocycles. The molecule has 130 valence electrons.